The SMILES string of the molecule is CCCCCCCCC/C=C/CCCCCCCOC[C@@H](O)[C@@H]1OC[C@H](O)[C@@H]1O. The lowest BCUT2D eigenvalue weighted by atomic mass is 10.1. The van der Waals surface area contributed by atoms with Crippen LogP contribution in [0.1, 0.15) is 96.8 Å². The summed E-state index contributed by atoms with van der Waals surface area (Å²) in [5.41, 5.74) is 0. The van der Waals surface area contributed by atoms with Crippen LogP contribution in [0.2, 0.25) is 0 Å². The van der Waals surface area contributed by atoms with Crippen LogP contribution < -0.4 is 0 Å². The van der Waals surface area contributed by atoms with Gasteiger partial charge in [-0.15, -0.1) is 0 Å². The van der Waals surface area contributed by atoms with Crippen LogP contribution >= 0.6 is 0 Å². The highest BCUT2D eigenvalue weighted by Gasteiger charge is 2.39. The summed E-state index contributed by atoms with van der Waals surface area (Å²) in [6.45, 7) is 3.08. The normalized spacial score (nSPS) is 23.2. The number of allylic oxidation sites excluding steroid dienone is 2. The highest BCUT2D eigenvalue weighted by Crippen LogP contribution is 2.18. The minimum atomic E-state index is -1.03. The Morgan fingerprint density at radius 3 is 1.97 bits per heavy atom. The van der Waals surface area contributed by atoms with Crippen LogP contribution in [0.5, 0.6) is 0 Å². The fraction of sp³-hybridized carbons (Fsp3) is 0.917. The van der Waals surface area contributed by atoms with Crippen molar-refractivity contribution in [1.82, 2.24) is 0 Å². The number of aliphatic hydroxyl groups excluding tert-OH is 3. The van der Waals surface area contributed by atoms with E-state index in [1.165, 1.54) is 77.0 Å². The third kappa shape index (κ3) is 13.5. The van der Waals surface area contributed by atoms with E-state index in [2.05, 4.69) is 19.1 Å². The first-order chi connectivity index (χ1) is 14.2. The van der Waals surface area contributed by atoms with Gasteiger partial charge in [-0.3, -0.25) is 0 Å². The molecular weight excluding hydrogens is 368 g/mol. The molecule has 1 rings (SSSR count). The second kappa shape index (κ2) is 18.3. The van der Waals surface area contributed by atoms with Crippen molar-refractivity contribution < 1.29 is 24.8 Å². The average Bonchev–Trinajstić information content (AvgIpc) is 3.05. The average molecular weight is 415 g/mol. The Labute approximate surface area is 178 Å². The number of hydrogen-bond donors (Lipinski definition) is 3. The van der Waals surface area contributed by atoms with Gasteiger partial charge in [0.1, 0.15) is 24.4 Å². The molecule has 0 saturated carbocycles. The minimum Gasteiger partial charge on any atom is -0.388 e. The maximum absolute atomic E-state index is 9.94. The summed E-state index contributed by atoms with van der Waals surface area (Å²) in [5.74, 6) is 0. The summed E-state index contributed by atoms with van der Waals surface area (Å²) in [5, 5.41) is 29.0. The molecule has 1 aliphatic rings. The lowest BCUT2D eigenvalue weighted by Crippen LogP contribution is -2.40. The highest BCUT2D eigenvalue weighted by molar-refractivity contribution is 4.87. The molecule has 0 aliphatic carbocycles. The van der Waals surface area contributed by atoms with E-state index >= 15 is 0 Å². The van der Waals surface area contributed by atoms with E-state index in [4.69, 9.17) is 9.47 Å². The number of hydrogen-bond acceptors (Lipinski definition) is 5. The molecule has 0 bridgehead atoms. The van der Waals surface area contributed by atoms with Crippen LogP contribution in [0.4, 0.5) is 0 Å². The van der Waals surface area contributed by atoms with Gasteiger partial charge in [0.25, 0.3) is 0 Å². The van der Waals surface area contributed by atoms with Gasteiger partial charge in [0.2, 0.25) is 0 Å². The number of ether oxygens (including phenoxy) is 2. The Morgan fingerprint density at radius 2 is 1.41 bits per heavy atom. The molecule has 4 atom stereocenters. The van der Waals surface area contributed by atoms with Gasteiger partial charge >= 0.3 is 0 Å². The van der Waals surface area contributed by atoms with Crippen molar-refractivity contribution in [2.45, 2.75) is 121 Å². The van der Waals surface area contributed by atoms with Crippen molar-refractivity contribution in [3.05, 3.63) is 12.2 Å². The molecule has 5 nitrogen and oxygen atoms in total. The van der Waals surface area contributed by atoms with Gasteiger partial charge in [-0.1, -0.05) is 76.9 Å². The van der Waals surface area contributed by atoms with Crippen molar-refractivity contribution in [2.75, 3.05) is 19.8 Å². The first kappa shape index (κ1) is 26.6. The van der Waals surface area contributed by atoms with Gasteiger partial charge < -0.3 is 24.8 Å². The molecule has 1 saturated heterocycles. The van der Waals surface area contributed by atoms with Crippen LogP contribution in [0.25, 0.3) is 0 Å². The van der Waals surface area contributed by atoms with Crippen molar-refractivity contribution in [3.63, 3.8) is 0 Å². The van der Waals surface area contributed by atoms with Gasteiger partial charge in [0.15, 0.2) is 0 Å². The predicted molar refractivity (Wildman–Crippen MR) is 118 cm³/mol. The predicted octanol–water partition coefficient (Wildman–Crippen LogP) is 4.52. The zero-order valence-electron chi connectivity index (χ0n) is 18.6. The Kier molecular flexibility index (Phi) is 16.8. The molecule has 0 aromatic rings. The zero-order valence-corrected chi connectivity index (χ0v) is 18.6. The van der Waals surface area contributed by atoms with E-state index in [0.717, 1.165) is 12.8 Å². The number of unbranched alkanes of at least 4 members (excludes halogenated alkanes) is 12. The van der Waals surface area contributed by atoms with E-state index in [-0.39, 0.29) is 13.2 Å². The fourth-order valence-corrected chi connectivity index (χ4v) is 3.72. The molecule has 0 aromatic carbocycles. The molecule has 0 aromatic heterocycles. The van der Waals surface area contributed by atoms with Crippen molar-refractivity contribution >= 4 is 0 Å². The molecule has 1 aliphatic heterocycles. The van der Waals surface area contributed by atoms with Crippen LogP contribution in [-0.2, 0) is 9.47 Å². The summed E-state index contributed by atoms with van der Waals surface area (Å²) in [6, 6.07) is 0. The Balaban J connectivity index is 1.79. The molecule has 3 N–H and O–H groups in total. The number of aliphatic hydroxyl groups is 3. The van der Waals surface area contributed by atoms with E-state index in [1.807, 2.05) is 0 Å². The lowest BCUT2D eigenvalue weighted by molar-refractivity contribution is -0.0813. The van der Waals surface area contributed by atoms with E-state index in [1.54, 1.807) is 0 Å². The van der Waals surface area contributed by atoms with Crippen LogP contribution in [0.15, 0.2) is 12.2 Å². The second-order valence-corrected chi connectivity index (χ2v) is 8.44. The molecule has 0 amide bonds. The molecule has 1 fully saturated rings. The molecular formula is C24H46O5. The Bertz CT molecular complexity index is 387. The van der Waals surface area contributed by atoms with E-state index in [9.17, 15) is 15.3 Å². The monoisotopic (exact) mass is 414 g/mol. The third-order valence-corrected chi connectivity index (χ3v) is 5.66. The minimum absolute atomic E-state index is 0.0667. The summed E-state index contributed by atoms with van der Waals surface area (Å²) in [6.07, 6.45) is 19.0. The summed E-state index contributed by atoms with van der Waals surface area (Å²) in [4.78, 5) is 0. The van der Waals surface area contributed by atoms with Gasteiger partial charge in [-0.05, 0) is 32.1 Å². The molecule has 0 radical (unpaired) electrons. The molecule has 1 heterocycles. The van der Waals surface area contributed by atoms with Crippen molar-refractivity contribution in [3.8, 4) is 0 Å². The topological polar surface area (TPSA) is 79.2 Å². The number of rotatable bonds is 19. The standard InChI is InChI=1S/C24H46O5/c1-2-3-4-5-6-7-8-9-10-11-12-13-14-15-16-17-18-28-19-22(26)24-23(27)21(25)20-29-24/h10-11,21-27H,2-9,12-20H2,1H3/b11-10+/t21-,22+,23-,24-/m0/s1. The van der Waals surface area contributed by atoms with E-state index < -0.39 is 24.4 Å². The summed E-state index contributed by atoms with van der Waals surface area (Å²) >= 11 is 0. The van der Waals surface area contributed by atoms with Crippen LogP contribution in [-0.4, -0.2) is 59.6 Å². The first-order valence-electron chi connectivity index (χ1n) is 12.0. The molecule has 29 heavy (non-hydrogen) atoms. The molecule has 0 unspecified atom stereocenters. The zero-order chi connectivity index (χ0) is 21.2. The second-order valence-electron chi connectivity index (χ2n) is 8.44. The van der Waals surface area contributed by atoms with Crippen LogP contribution in [0.3, 0.4) is 0 Å². The summed E-state index contributed by atoms with van der Waals surface area (Å²) in [7, 11) is 0. The highest BCUT2D eigenvalue weighted by atomic mass is 16.5. The maximum atomic E-state index is 9.94. The van der Waals surface area contributed by atoms with Gasteiger partial charge in [-0.25, -0.2) is 0 Å². The molecule has 0 spiro atoms. The summed E-state index contributed by atoms with van der Waals surface area (Å²) < 4.78 is 10.7. The molecule has 172 valence electrons. The fourth-order valence-electron chi connectivity index (χ4n) is 3.72. The third-order valence-electron chi connectivity index (χ3n) is 5.66. The van der Waals surface area contributed by atoms with Crippen LogP contribution in [0, 0.1) is 0 Å². The van der Waals surface area contributed by atoms with Crippen molar-refractivity contribution in [1.29, 1.82) is 0 Å². The molecule has 5 heteroatoms. The lowest BCUT2D eigenvalue weighted by Gasteiger charge is -2.20. The first-order valence-corrected chi connectivity index (χ1v) is 12.0. The van der Waals surface area contributed by atoms with Gasteiger partial charge in [0, 0.05) is 6.61 Å². The maximum Gasteiger partial charge on any atom is 0.114 e. The largest absolute Gasteiger partial charge is 0.388 e. The Hall–Kier alpha value is -0.460. The van der Waals surface area contributed by atoms with Crippen molar-refractivity contribution in [2.24, 2.45) is 0 Å². The quantitative estimate of drug-likeness (QED) is 0.214. The smallest absolute Gasteiger partial charge is 0.114 e. The van der Waals surface area contributed by atoms with Gasteiger partial charge in [0.05, 0.1) is 13.2 Å². The van der Waals surface area contributed by atoms with E-state index in [0.29, 0.717) is 6.61 Å². The Morgan fingerprint density at radius 1 is 0.862 bits per heavy atom. The van der Waals surface area contributed by atoms with Gasteiger partial charge in [-0.2, -0.15) is 0 Å².